The molecule has 10 nitrogen and oxygen atoms in total. The van der Waals surface area contributed by atoms with E-state index in [9.17, 15) is 24.3 Å². The molecule has 0 radical (unpaired) electrons. The summed E-state index contributed by atoms with van der Waals surface area (Å²) in [5.41, 5.74) is -8.23. The zero-order chi connectivity index (χ0) is 26.5. The van der Waals surface area contributed by atoms with Crippen molar-refractivity contribution in [2.45, 2.75) is 93.3 Å². The number of epoxide rings is 1. The number of carbonyl (C=O) groups is 4. The molecule has 0 aromatic carbocycles. The fourth-order valence-electron chi connectivity index (χ4n) is 10.9. The predicted octanol–water partition coefficient (Wildman–Crippen LogP) is 0.768. The van der Waals surface area contributed by atoms with Crippen molar-refractivity contribution in [1.82, 2.24) is 0 Å². The number of ketones is 2. The summed E-state index contributed by atoms with van der Waals surface area (Å²) in [4.78, 5) is 55.6. The number of hydrogen-bond acceptors (Lipinski definition) is 10. The van der Waals surface area contributed by atoms with Gasteiger partial charge < -0.3 is 28.8 Å². The van der Waals surface area contributed by atoms with Crippen LogP contribution in [0.15, 0.2) is 12.2 Å². The standard InChI is InChI=1S/C28H30O10/c1-22-10-17-24(3)28-18(22)19(30)27(38-28,34-11-14(22)20(31)35-17)13-9-16-26(36-16)7-4-5-15(29)23(26,2)12(13)6-8-25(28,33)21(32)37-24/h4-5,12-14,16-18,33H,6-11H2,1-3H3/t12?,13?,14-,16-,17+,18?,22+,23-,24?,25-,26+,27?,28?/m0/s1. The monoisotopic (exact) mass is 526 g/mol. The first-order chi connectivity index (χ1) is 17.9. The van der Waals surface area contributed by atoms with Crippen LogP contribution in [-0.4, -0.2) is 75.6 Å². The number of carbonyl (C=O) groups excluding carboxylic acids is 4. The highest BCUT2D eigenvalue weighted by Gasteiger charge is 2.94. The molecule has 9 aliphatic rings. The Morgan fingerprint density at radius 3 is 2.63 bits per heavy atom. The van der Waals surface area contributed by atoms with Gasteiger partial charge in [-0.15, -0.1) is 0 Å². The maximum atomic E-state index is 14.9. The Morgan fingerprint density at radius 1 is 1.05 bits per heavy atom. The van der Waals surface area contributed by atoms with Gasteiger partial charge in [0.1, 0.15) is 11.7 Å². The van der Waals surface area contributed by atoms with Crippen molar-refractivity contribution in [1.29, 1.82) is 0 Å². The second kappa shape index (κ2) is 5.82. The predicted molar refractivity (Wildman–Crippen MR) is 122 cm³/mol. The summed E-state index contributed by atoms with van der Waals surface area (Å²) in [5.74, 6) is -6.56. The second-order valence-corrected chi connectivity index (χ2v) is 13.8. The average molecular weight is 527 g/mol. The number of rotatable bonds is 0. The van der Waals surface area contributed by atoms with Gasteiger partial charge in [0.2, 0.25) is 5.79 Å². The van der Waals surface area contributed by atoms with Crippen LogP contribution in [0.3, 0.4) is 0 Å². The third kappa shape index (κ3) is 1.79. The van der Waals surface area contributed by atoms with Crippen LogP contribution in [0.4, 0.5) is 0 Å². The van der Waals surface area contributed by atoms with Crippen LogP contribution in [0.25, 0.3) is 0 Å². The summed E-state index contributed by atoms with van der Waals surface area (Å²) in [6, 6.07) is 0. The number of fused-ring (bicyclic) bond motifs is 4. The van der Waals surface area contributed by atoms with Gasteiger partial charge in [0.15, 0.2) is 28.4 Å². The third-order valence-electron chi connectivity index (χ3n) is 12.9. The van der Waals surface area contributed by atoms with Crippen molar-refractivity contribution >= 4 is 23.5 Å². The molecule has 6 aliphatic heterocycles. The van der Waals surface area contributed by atoms with E-state index in [2.05, 4.69) is 0 Å². The minimum absolute atomic E-state index is 0.0583. The summed E-state index contributed by atoms with van der Waals surface area (Å²) in [6.07, 6.45) is 3.82. The third-order valence-corrected chi connectivity index (χ3v) is 12.9. The van der Waals surface area contributed by atoms with Gasteiger partial charge >= 0.3 is 11.9 Å². The van der Waals surface area contributed by atoms with Crippen LogP contribution in [0.1, 0.15) is 52.9 Å². The number of esters is 2. The molecule has 6 heterocycles. The van der Waals surface area contributed by atoms with Crippen LogP contribution in [0.5, 0.6) is 0 Å². The first-order valence-electron chi connectivity index (χ1n) is 13.8. The van der Waals surface area contributed by atoms with Crippen LogP contribution >= 0.6 is 0 Å². The van der Waals surface area contributed by atoms with E-state index in [1.807, 2.05) is 19.9 Å². The van der Waals surface area contributed by atoms with Crippen molar-refractivity contribution in [3.8, 4) is 0 Å². The maximum absolute atomic E-state index is 14.9. The lowest BCUT2D eigenvalue weighted by Gasteiger charge is -2.63. The van der Waals surface area contributed by atoms with Gasteiger partial charge in [0.25, 0.3) is 0 Å². The minimum atomic E-state index is -2.19. The Kier molecular flexibility index (Phi) is 3.47. The average Bonchev–Trinajstić information content (AvgIpc) is 3.45. The van der Waals surface area contributed by atoms with E-state index < -0.39 is 80.7 Å². The number of hydrogen-bond donors (Lipinski definition) is 1. The molecule has 202 valence electrons. The van der Waals surface area contributed by atoms with Crippen LogP contribution in [0, 0.1) is 34.5 Å². The Bertz CT molecular complexity index is 1340. The van der Waals surface area contributed by atoms with Crippen LogP contribution in [-0.2, 0) is 42.9 Å². The number of aliphatic hydroxyl groups is 1. The van der Waals surface area contributed by atoms with Crippen LogP contribution in [0.2, 0.25) is 0 Å². The highest BCUT2D eigenvalue weighted by atomic mass is 16.8. The van der Waals surface area contributed by atoms with E-state index in [0.717, 1.165) is 0 Å². The minimum Gasteiger partial charge on any atom is -0.458 e. The molecule has 13 atom stereocenters. The largest absolute Gasteiger partial charge is 0.458 e. The van der Waals surface area contributed by atoms with Gasteiger partial charge in [-0.05, 0) is 63.4 Å². The zero-order valence-electron chi connectivity index (χ0n) is 21.5. The molecular formula is C28H30O10. The summed E-state index contributed by atoms with van der Waals surface area (Å²) < 4.78 is 31.5. The lowest BCUT2D eigenvalue weighted by Crippen LogP contribution is -2.79. The quantitative estimate of drug-likeness (QED) is 0.356. The van der Waals surface area contributed by atoms with Crippen molar-refractivity contribution in [3.63, 3.8) is 0 Å². The van der Waals surface area contributed by atoms with Gasteiger partial charge in [-0.25, -0.2) is 4.79 Å². The molecule has 6 saturated heterocycles. The molecule has 3 spiro atoms. The second-order valence-electron chi connectivity index (χ2n) is 13.8. The van der Waals surface area contributed by atoms with Gasteiger partial charge in [0.05, 0.1) is 30.0 Å². The molecule has 38 heavy (non-hydrogen) atoms. The molecule has 0 aromatic heterocycles. The van der Waals surface area contributed by atoms with E-state index in [4.69, 9.17) is 23.7 Å². The number of ether oxygens (including phenoxy) is 5. The van der Waals surface area contributed by atoms with E-state index in [-0.39, 0.29) is 43.5 Å². The zero-order valence-corrected chi connectivity index (χ0v) is 21.5. The van der Waals surface area contributed by atoms with Gasteiger partial charge in [-0.3, -0.25) is 14.4 Å². The molecule has 9 rings (SSSR count). The lowest BCUT2D eigenvalue weighted by molar-refractivity contribution is -0.375. The number of allylic oxidation sites excluding steroid dienone is 1. The van der Waals surface area contributed by atoms with E-state index in [1.54, 1.807) is 13.0 Å². The first kappa shape index (κ1) is 22.7. The topological polar surface area (TPSA) is 138 Å². The summed E-state index contributed by atoms with van der Waals surface area (Å²) in [7, 11) is 0. The van der Waals surface area contributed by atoms with Crippen molar-refractivity contribution in [2.75, 3.05) is 6.61 Å². The Morgan fingerprint density at radius 2 is 1.84 bits per heavy atom. The van der Waals surface area contributed by atoms with E-state index >= 15 is 0 Å². The molecule has 0 aromatic rings. The smallest absolute Gasteiger partial charge is 0.342 e. The molecule has 2 saturated carbocycles. The van der Waals surface area contributed by atoms with Gasteiger partial charge in [-0.1, -0.05) is 13.0 Å². The van der Waals surface area contributed by atoms with Gasteiger partial charge in [0, 0.05) is 5.92 Å². The van der Waals surface area contributed by atoms with Gasteiger partial charge in [-0.2, -0.15) is 0 Å². The van der Waals surface area contributed by atoms with Crippen molar-refractivity contribution in [2.24, 2.45) is 34.5 Å². The first-order valence-corrected chi connectivity index (χ1v) is 13.8. The summed E-state index contributed by atoms with van der Waals surface area (Å²) in [5, 5.41) is 12.4. The van der Waals surface area contributed by atoms with Crippen LogP contribution < -0.4 is 0 Å². The molecule has 3 aliphatic carbocycles. The van der Waals surface area contributed by atoms with E-state index in [0.29, 0.717) is 12.8 Å². The normalized spacial score (nSPS) is 64.1. The molecule has 1 N–H and O–H groups in total. The Hall–Kier alpha value is -2.14. The molecule has 5 bridgehead atoms. The fourth-order valence-corrected chi connectivity index (χ4v) is 10.9. The Balaban J connectivity index is 1.34. The van der Waals surface area contributed by atoms with Crippen molar-refractivity contribution in [3.05, 3.63) is 12.2 Å². The summed E-state index contributed by atoms with van der Waals surface area (Å²) >= 11 is 0. The number of Topliss-reactive ketones (excluding diaryl/α,β-unsaturated/α-hetero) is 1. The molecule has 8 fully saturated rings. The molecule has 6 unspecified atom stereocenters. The summed E-state index contributed by atoms with van der Waals surface area (Å²) in [6.45, 7) is 5.27. The highest BCUT2D eigenvalue weighted by Crippen LogP contribution is 2.77. The molecule has 0 amide bonds. The SMILES string of the molecule is CC12OC(=O)[C@@]3(O)CCC4C(C[C@@H]5O[C@]56CC=CC(=O)[C@]46C)C45OC[C@H]6C(=O)O[C@@H]1C[C@@]6(C)C(C4=O)C23O5. The molecule has 10 heteroatoms. The highest BCUT2D eigenvalue weighted by molar-refractivity contribution is 6.00. The van der Waals surface area contributed by atoms with Crippen molar-refractivity contribution < 1.29 is 48.0 Å². The molecular weight excluding hydrogens is 496 g/mol. The lowest BCUT2D eigenvalue weighted by atomic mass is 9.46. The maximum Gasteiger partial charge on any atom is 0.342 e. The Labute approximate surface area is 218 Å². The fraction of sp³-hybridized carbons (Fsp3) is 0.786. The van der Waals surface area contributed by atoms with E-state index in [1.165, 1.54) is 0 Å².